The molecule has 1 aliphatic rings. The van der Waals surface area contributed by atoms with Gasteiger partial charge in [-0.2, -0.15) is 4.31 Å². The highest BCUT2D eigenvalue weighted by atomic mass is 33.1. The highest BCUT2D eigenvalue weighted by Gasteiger charge is 2.50. The molecule has 28 heteroatoms. The molecule has 23 nitrogen and oxygen atoms in total. The first-order chi connectivity index (χ1) is 23.2. The van der Waals surface area contributed by atoms with E-state index >= 15 is 0 Å². The number of phosphoric acid groups is 3. The number of nitrogens with one attached hydrogen (secondary N) is 2. The van der Waals surface area contributed by atoms with E-state index in [2.05, 4.69) is 34.4 Å². The maximum Gasteiger partial charge on any atom is 0.481 e. The molecule has 0 saturated carbocycles. The summed E-state index contributed by atoms with van der Waals surface area (Å²) in [5.41, 5.74) is 4.31. The number of aromatic nitrogens is 4. The highest BCUT2D eigenvalue weighted by Crippen LogP contribution is 2.61. The molecule has 0 aromatic carbocycles. The summed E-state index contributed by atoms with van der Waals surface area (Å²) in [6, 6.07) is 0. The number of hydrogen-bond donors (Lipinski definition) is 9. The van der Waals surface area contributed by atoms with E-state index < -0.39 is 78.6 Å². The van der Waals surface area contributed by atoms with E-state index in [-0.39, 0.29) is 35.9 Å². The Bertz CT molecular complexity index is 1630. The van der Waals surface area contributed by atoms with E-state index in [1.807, 2.05) is 6.26 Å². The van der Waals surface area contributed by atoms with Crippen molar-refractivity contribution in [3.63, 3.8) is 0 Å². The van der Waals surface area contributed by atoms with Gasteiger partial charge in [0.1, 0.15) is 36.3 Å². The molecule has 2 aromatic rings. The van der Waals surface area contributed by atoms with Gasteiger partial charge in [-0.3, -0.25) is 27.7 Å². The summed E-state index contributed by atoms with van der Waals surface area (Å²) in [6.07, 6.45) is -4.80. The molecule has 50 heavy (non-hydrogen) atoms. The molecule has 0 bridgehead atoms. The SMILES string of the molecule is CSSCCNC(=O)CCNC(=O)C(O)C(C)(C)COP(=O)(O)OP(=O)(O)OCC1OC(n2cnc3c(N)ncnc32)C(O)C1OP(=O)(O)O. The number of nitrogen functional groups attached to an aromatic ring is 1. The molecule has 0 aliphatic carbocycles. The van der Waals surface area contributed by atoms with Gasteiger partial charge in [-0.15, -0.1) is 0 Å². The van der Waals surface area contributed by atoms with E-state index in [0.717, 1.165) is 17.2 Å². The largest absolute Gasteiger partial charge is 0.481 e. The lowest BCUT2D eigenvalue weighted by molar-refractivity contribution is -0.137. The van der Waals surface area contributed by atoms with Crippen molar-refractivity contribution in [2.45, 2.75) is 50.9 Å². The summed E-state index contributed by atoms with van der Waals surface area (Å²) in [5, 5.41) is 26.3. The number of amides is 2. The number of phosphoric ester groups is 3. The molecule has 1 fully saturated rings. The number of carbonyl (C=O) groups is 2. The van der Waals surface area contributed by atoms with Crippen molar-refractivity contribution in [3.05, 3.63) is 12.7 Å². The minimum atomic E-state index is -5.54. The fourth-order valence-corrected chi connectivity index (χ4v) is 8.19. The van der Waals surface area contributed by atoms with Crippen LogP contribution in [0, 0.1) is 5.41 Å². The van der Waals surface area contributed by atoms with Crippen LogP contribution >= 0.6 is 45.1 Å². The first-order valence-corrected chi connectivity index (χ1v) is 21.5. The number of aliphatic hydroxyl groups is 2. The van der Waals surface area contributed by atoms with E-state index in [9.17, 15) is 53.1 Å². The van der Waals surface area contributed by atoms with Crippen LogP contribution in [0.1, 0.15) is 26.5 Å². The summed E-state index contributed by atoms with van der Waals surface area (Å²) in [5.74, 6) is -0.606. The van der Waals surface area contributed by atoms with Gasteiger partial charge in [0.15, 0.2) is 17.7 Å². The minimum Gasteiger partial charge on any atom is -0.386 e. The Morgan fingerprint density at radius 1 is 1.10 bits per heavy atom. The number of carbonyl (C=O) groups excluding carboxylic acids is 2. The van der Waals surface area contributed by atoms with E-state index in [4.69, 9.17) is 19.5 Å². The first kappa shape index (κ1) is 42.7. The van der Waals surface area contributed by atoms with Gasteiger partial charge in [-0.05, 0) is 6.26 Å². The second-order valence-electron chi connectivity index (χ2n) is 11.1. The van der Waals surface area contributed by atoms with Crippen LogP contribution < -0.4 is 16.4 Å². The lowest BCUT2D eigenvalue weighted by Gasteiger charge is -2.30. The average Bonchev–Trinajstić information content (AvgIpc) is 3.57. The predicted octanol–water partition coefficient (Wildman–Crippen LogP) is -0.584. The molecule has 1 saturated heterocycles. The molecule has 0 radical (unpaired) electrons. The zero-order chi connectivity index (χ0) is 37.5. The number of nitrogens with zero attached hydrogens (tertiary/aromatic N) is 4. The molecule has 7 atom stereocenters. The van der Waals surface area contributed by atoms with Gasteiger partial charge in [0.05, 0.1) is 19.5 Å². The number of anilines is 1. The van der Waals surface area contributed by atoms with Crippen molar-refractivity contribution >= 4 is 73.9 Å². The van der Waals surface area contributed by atoms with Crippen LogP contribution in [0.3, 0.4) is 0 Å². The third kappa shape index (κ3) is 12.4. The Labute approximate surface area is 292 Å². The summed E-state index contributed by atoms with van der Waals surface area (Å²) in [6.45, 7) is 0.882. The Morgan fingerprint density at radius 2 is 1.78 bits per heavy atom. The van der Waals surface area contributed by atoms with Crippen molar-refractivity contribution in [2.75, 3.05) is 44.0 Å². The zero-order valence-corrected chi connectivity index (χ0v) is 30.9. The van der Waals surface area contributed by atoms with Crippen LogP contribution in [0.2, 0.25) is 0 Å². The second-order valence-corrected chi connectivity index (χ2v) is 18.0. The summed E-state index contributed by atoms with van der Waals surface area (Å²) >= 11 is 0. The molecule has 284 valence electrons. The molecule has 0 spiro atoms. The molecular weight excluding hydrogens is 775 g/mol. The Morgan fingerprint density at radius 3 is 2.44 bits per heavy atom. The van der Waals surface area contributed by atoms with E-state index in [0.29, 0.717) is 12.3 Å². The Balaban J connectivity index is 1.57. The number of hydrogen-bond acceptors (Lipinski definition) is 18. The standard InChI is InChI=1S/C22H38N7O16P3S2/c1-22(2,17(32)20(33)25-5-4-13(30)24-6-7-50-49-3)9-42-48(39,40)45-47(37,38)41-8-12-16(44-46(34,35)36)15(31)21(43-12)29-11-28-14-18(23)26-10-27-19(14)29/h10-12,15-17,21,31-32H,4-9H2,1-3H3,(H,24,30)(H,25,33)(H,37,38)(H,39,40)(H2,23,26,27)(H2,34,35,36). The lowest BCUT2D eigenvalue weighted by Crippen LogP contribution is -2.46. The van der Waals surface area contributed by atoms with Crippen molar-refractivity contribution in [1.82, 2.24) is 30.2 Å². The van der Waals surface area contributed by atoms with Gasteiger partial charge in [-0.25, -0.2) is 28.6 Å². The first-order valence-electron chi connectivity index (χ1n) is 14.2. The summed E-state index contributed by atoms with van der Waals surface area (Å²) < 4.78 is 61.9. The van der Waals surface area contributed by atoms with Gasteiger partial charge in [0, 0.05) is 30.7 Å². The molecule has 2 aromatic heterocycles. The number of fused-ring (bicyclic) bond motifs is 1. The van der Waals surface area contributed by atoms with Crippen LogP contribution in [0.5, 0.6) is 0 Å². The Hall–Kier alpha value is -1.76. The van der Waals surface area contributed by atoms with Gasteiger partial charge in [-0.1, -0.05) is 35.4 Å². The van der Waals surface area contributed by atoms with Crippen LogP contribution in [0.4, 0.5) is 5.82 Å². The van der Waals surface area contributed by atoms with E-state index in [1.165, 1.54) is 13.8 Å². The summed E-state index contributed by atoms with van der Waals surface area (Å²) in [4.78, 5) is 75.0. The minimum absolute atomic E-state index is 0.0347. The quantitative estimate of drug-likeness (QED) is 0.0458. The maximum absolute atomic E-state index is 12.6. The Kier molecular flexibility index (Phi) is 15.2. The van der Waals surface area contributed by atoms with E-state index in [1.54, 1.807) is 21.6 Å². The predicted molar refractivity (Wildman–Crippen MR) is 176 cm³/mol. The smallest absolute Gasteiger partial charge is 0.386 e. The molecule has 3 heterocycles. The fraction of sp³-hybridized carbons (Fsp3) is 0.682. The third-order valence-corrected chi connectivity index (χ3v) is 11.6. The molecule has 7 unspecified atom stereocenters. The van der Waals surface area contributed by atoms with Crippen LogP contribution in [0.25, 0.3) is 11.2 Å². The van der Waals surface area contributed by atoms with Crippen LogP contribution in [0.15, 0.2) is 12.7 Å². The molecule has 2 amide bonds. The van der Waals surface area contributed by atoms with Gasteiger partial charge < -0.3 is 50.9 Å². The normalized spacial score (nSPS) is 22.9. The molecule has 3 rings (SSSR count). The highest BCUT2D eigenvalue weighted by molar-refractivity contribution is 8.76. The van der Waals surface area contributed by atoms with Crippen LogP contribution in [-0.4, -0.2) is 124 Å². The zero-order valence-electron chi connectivity index (χ0n) is 26.6. The molecule has 10 N–H and O–H groups in total. The topological polar surface area (TPSA) is 347 Å². The van der Waals surface area contributed by atoms with Crippen molar-refractivity contribution < 1.29 is 75.7 Å². The molecule has 1 aliphatic heterocycles. The van der Waals surface area contributed by atoms with Gasteiger partial charge >= 0.3 is 23.5 Å². The van der Waals surface area contributed by atoms with Crippen molar-refractivity contribution in [2.24, 2.45) is 5.41 Å². The number of imidazole rings is 1. The van der Waals surface area contributed by atoms with Crippen molar-refractivity contribution in [3.8, 4) is 0 Å². The number of nitrogens with two attached hydrogens (primary N) is 1. The van der Waals surface area contributed by atoms with Gasteiger partial charge in [0.25, 0.3) is 0 Å². The molecular formula is C22H38N7O16P3S2. The monoisotopic (exact) mass is 813 g/mol. The fourth-order valence-electron chi connectivity index (χ4n) is 4.26. The average molecular weight is 814 g/mol. The number of rotatable bonds is 20. The lowest BCUT2D eigenvalue weighted by atomic mass is 9.87. The third-order valence-electron chi connectivity index (χ3n) is 6.70. The van der Waals surface area contributed by atoms with Gasteiger partial charge in [0.2, 0.25) is 11.8 Å². The number of ether oxygens (including phenoxy) is 1. The maximum atomic E-state index is 12.6. The number of aliphatic hydroxyl groups excluding tert-OH is 2. The van der Waals surface area contributed by atoms with Crippen molar-refractivity contribution in [1.29, 1.82) is 0 Å². The van der Waals surface area contributed by atoms with Crippen LogP contribution in [-0.2, 0) is 45.9 Å². The second kappa shape index (κ2) is 17.8. The summed E-state index contributed by atoms with van der Waals surface area (Å²) in [7, 11) is -13.2.